The number of rotatable bonds is 6. The van der Waals surface area contributed by atoms with E-state index in [1.807, 2.05) is 12.1 Å². The Morgan fingerprint density at radius 3 is 2.35 bits per heavy atom. The highest BCUT2D eigenvalue weighted by molar-refractivity contribution is 6.31. The predicted octanol–water partition coefficient (Wildman–Crippen LogP) is 3.87. The van der Waals surface area contributed by atoms with Crippen LogP contribution in [0.5, 0.6) is 0 Å². The van der Waals surface area contributed by atoms with Crippen LogP contribution in [0.3, 0.4) is 0 Å². The molecule has 2 saturated carbocycles. The van der Waals surface area contributed by atoms with E-state index in [0.717, 1.165) is 29.3 Å². The van der Waals surface area contributed by atoms with Crippen LogP contribution >= 0.6 is 11.6 Å². The maximum atomic E-state index is 6.15. The summed E-state index contributed by atoms with van der Waals surface area (Å²) in [6.07, 6.45) is 5.87. The van der Waals surface area contributed by atoms with Gasteiger partial charge in [0.05, 0.1) is 0 Å². The molecule has 0 bridgehead atoms. The fraction of sp³-hybridized carbons (Fsp3) is 0.600. The molecule has 0 atom stereocenters. The zero-order chi connectivity index (χ0) is 11.7. The first-order valence-electron chi connectivity index (χ1n) is 6.78. The van der Waals surface area contributed by atoms with Crippen molar-refractivity contribution < 1.29 is 0 Å². The summed E-state index contributed by atoms with van der Waals surface area (Å²) in [5, 5.41) is 4.48. The molecule has 0 radical (unpaired) electrons. The molecule has 2 heteroatoms. The Kier molecular flexibility index (Phi) is 3.39. The Labute approximate surface area is 109 Å². The minimum Gasteiger partial charge on any atom is -0.312 e. The fourth-order valence-electron chi connectivity index (χ4n) is 2.78. The molecule has 17 heavy (non-hydrogen) atoms. The molecule has 0 unspecified atom stereocenters. The standard InChI is InChI=1S/C15H20ClN/c16-15-4-2-1-3-13(15)9-17-10-14(11-5-6-11)12-7-8-12/h1-4,11-12,14,17H,5-10H2. The van der Waals surface area contributed by atoms with Crippen LogP contribution in [-0.2, 0) is 6.54 Å². The largest absolute Gasteiger partial charge is 0.312 e. The number of nitrogens with one attached hydrogen (secondary N) is 1. The average molecular weight is 250 g/mol. The topological polar surface area (TPSA) is 12.0 Å². The van der Waals surface area contributed by atoms with E-state index in [4.69, 9.17) is 11.6 Å². The van der Waals surface area contributed by atoms with Crippen molar-refractivity contribution in [1.29, 1.82) is 0 Å². The molecule has 0 aliphatic heterocycles. The van der Waals surface area contributed by atoms with Gasteiger partial charge in [-0.1, -0.05) is 29.8 Å². The van der Waals surface area contributed by atoms with Gasteiger partial charge in [-0.2, -0.15) is 0 Å². The minimum atomic E-state index is 0.884. The first kappa shape index (κ1) is 11.6. The zero-order valence-electron chi connectivity index (χ0n) is 10.2. The molecule has 92 valence electrons. The molecular weight excluding hydrogens is 230 g/mol. The minimum absolute atomic E-state index is 0.884. The third kappa shape index (κ3) is 3.02. The van der Waals surface area contributed by atoms with Gasteiger partial charge >= 0.3 is 0 Å². The smallest absolute Gasteiger partial charge is 0.0450 e. The Morgan fingerprint density at radius 2 is 1.76 bits per heavy atom. The second-order valence-electron chi connectivity index (χ2n) is 5.56. The van der Waals surface area contributed by atoms with E-state index in [1.54, 1.807) is 0 Å². The summed E-state index contributed by atoms with van der Waals surface area (Å²) < 4.78 is 0. The summed E-state index contributed by atoms with van der Waals surface area (Å²) in [5.74, 6) is 3.00. The quantitative estimate of drug-likeness (QED) is 0.807. The average Bonchev–Trinajstić information content (AvgIpc) is 3.18. The van der Waals surface area contributed by atoms with Crippen molar-refractivity contribution in [1.82, 2.24) is 5.32 Å². The van der Waals surface area contributed by atoms with Crippen LogP contribution in [0, 0.1) is 17.8 Å². The summed E-state index contributed by atoms with van der Waals surface area (Å²) in [5.41, 5.74) is 1.22. The molecule has 1 aromatic carbocycles. The van der Waals surface area contributed by atoms with Crippen molar-refractivity contribution in [3.05, 3.63) is 34.9 Å². The van der Waals surface area contributed by atoms with Crippen molar-refractivity contribution in [2.24, 2.45) is 17.8 Å². The molecule has 0 amide bonds. The van der Waals surface area contributed by atoms with Crippen molar-refractivity contribution in [3.8, 4) is 0 Å². The number of halogens is 1. The molecular formula is C15H20ClN. The molecule has 0 heterocycles. The van der Waals surface area contributed by atoms with Gasteiger partial charge in [-0.25, -0.2) is 0 Å². The van der Waals surface area contributed by atoms with Gasteiger partial charge in [0.1, 0.15) is 0 Å². The van der Waals surface area contributed by atoms with Crippen molar-refractivity contribution in [3.63, 3.8) is 0 Å². The summed E-state index contributed by atoms with van der Waals surface area (Å²) in [6, 6.07) is 8.13. The van der Waals surface area contributed by atoms with Crippen molar-refractivity contribution >= 4 is 11.6 Å². The van der Waals surface area contributed by atoms with Gasteiger partial charge in [0, 0.05) is 11.6 Å². The van der Waals surface area contributed by atoms with Gasteiger partial charge < -0.3 is 5.32 Å². The molecule has 2 fully saturated rings. The van der Waals surface area contributed by atoms with Crippen LogP contribution in [0.25, 0.3) is 0 Å². The molecule has 0 spiro atoms. The van der Waals surface area contributed by atoms with Gasteiger partial charge in [0.2, 0.25) is 0 Å². The van der Waals surface area contributed by atoms with Crippen LogP contribution in [0.15, 0.2) is 24.3 Å². The van der Waals surface area contributed by atoms with E-state index >= 15 is 0 Å². The van der Waals surface area contributed by atoms with Crippen LogP contribution in [0.4, 0.5) is 0 Å². The zero-order valence-corrected chi connectivity index (χ0v) is 10.9. The van der Waals surface area contributed by atoms with Crippen molar-refractivity contribution in [2.45, 2.75) is 32.2 Å². The van der Waals surface area contributed by atoms with Crippen LogP contribution in [-0.4, -0.2) is 6.54 Å². The second-order valence-corrected chi connectivity index (χ2v) is 5.97. The monoisotopic (exact) mass is 249 g/mol. The second kappa shape index (κ2) is 4.99. The fourth-order valence-corrected chi connectivity index (χ4v) is 2.98. The third-order valence-electron chi connectivity index (χ3n) is 4.11. The van der Waals surface area contributed by atoms with Gasteiger partial charge in [0.25, 0.3) is 0 Å². The summed E-state index contributed by atoms with van der Waals surface area (Å²) >= 11 is 6.15. The molecule has 1 N–H and O–H groups in total. The molecule has 2 aliphatic carbocycles. The summed E-state index contributed by atoms with van der Waals surface area (Å²) in [7, 11) is 0. The lowest BCUT2D eigenvalue weighted by Gasteiger charge is -2.16. The summed E-state index contributed by atoms with van der Waals surface area (Å²) in [6.45, 7) is 2.09. The molecule has 2 aliphatic rings. The van der Waals surface area contributed by atoms with Gasteiger partial charge in [-0.15, -0.1) is 0 Å². The van der Waals surface area contributed by atoms with Gasteiger partial charge in [-0.05, 0) is 61.6 Å². The number of hydrogen-bond donors (Lipinski definition) is 1. The van der Waals surface area contributed by atoms with E-state index < -0.39 is 0 Å². The summed E-state index contributed by atoms with van der Waals surface area (Å²) in [4.78, 5) is 0. The SMILES string of the molecule is Clc1ccccc1CNCC(C1CC1)C1CC1. The van der Waals surface area contributed by atoms with Gasteiger partial charge in [0.15, 0.2) is 0 Å². The lowest BCUT2D eigenvalue weighted by atomic mass is 9.98. The highest BCUT2D eigenvalue weighted by Crippen LogP contribution is 2.48. The molecule has 1 nitrogen and oxygen atoms in total. The first-order chi connectivity index (χ1) is 8.34. The Balaban J connectivity index is 1.49. The number of hydrogen-bond acceptors (Lipinski definition) is 1. The van der Waals surface area contributed by atoms with E-state index in [0.29, 0.717) is 0 Å². The van der Waals surface area contributed by atoms with E-state index in [9.17, 15) is 0 Å². The van der Waals surface area contributed by atoms with E-state index in [1.165, 1.54) is 37.8 Å². The molecule has 3 rings (SSSR count). The highest BCUT2D eigenvalue weighted by Gasteiger charge is 2.40. The third-order valence-corrected chi connectivity index (χ3v) is 4.48. The van der Waals surface area contributed by atoms with Gasteiger partial charge in [-0.3, -0.25) is 0 Å². The maximum Gasteiger partial charge on any atom is 0.0450 e. The van der Waals surface area contributed by atoms with Crippen LogP contribution in [0.2, 0.25) is 5.02 Å². The maximum absolute atomic E-state index is 6.15. The first-order valence-corrected chi connectivity index (χ1v) is 7.16. The molecule has 0 aromatic heterocycles. The Hall–Kier alpha value is -0.530. The van der Waals surface area contributed by atoms with E-state index in [2.05, 4.69) is 17.4 Å². The lowest BCUT2D eigenvalue weighted by molar-refractivity contribution is 0.378. The highest BCUT2D eigenvalue weighted by atomic mass is 35.5. The molecule has 1 aromatic rings. The lowest BCUT2D eigenvalue weighted by Crippen LogP contribution is -2.25. The Morgan fingerprint density at radius 1 is 1.12 bits per heavy atom. The Bertz CT molecular complexity index is 370. The number of benzene rings is 1. The van der Waals surface area contributed by atoms with Crippen LogP contribution in [0.1, 0.15) is 31.2 Å². The van der Waals surface area contributed by atoms with Crippen LogP contribution < -0.4 is 5.32 Å². The van der Waals surface area contributed by atoms with Crippen molar-refractivity contribution in [2.75, 3.05) is 6.54 Å². The molecule has 0 saturated heterocycles. The van der Waals surface area contributed by atoms with E-state index in [-0.39, 0.29) is 0 Å². The predicted molar refractivity (Wildman–Crippen MR) is 72.1 cm³/mol. The normalized spacial score (nSPS) is 19.9.